The maximum absolute atomic E-state index is 9.76. The van der Waals surface area contributed by atoms with Crippen molar-refractivity contribution in [2.45, 2.75) is 31.7 Å². The van der Waals surface area contributed by atoms with Gasteiger partial charge in [0.2, 0.25) is 0 Å². The summed E-state index contributed by atoms with van der Waals surface area (Å²) >= 11 is 0. The van der Waals surface area contributed by atoms with Gasteiger partial charge in [-0.15, -0.1) is 0 Å². The zero-order valence-corrected chi connectivity index (χ0v) is 16.5. The molecule has 2 heterocycles. The van der Waals surface area contributed by atoms with Crippen LogP contribution in [-0.4, -0.2) is 48.1 Å². The number of hydrogen-bond donors (Lipinski definition) is 2. The minimum atomic E-state index is -0.464. The van der Waals surface area contributed by atoms with E-state index < -0.39 is 6.10 Å². The van der Waals surface area contributed by atoms with Crippen molar-refractivity contribution in [3.63, 3.8) is 0 Å². The van der Waals surface area contributed by atoms with E-state index in [4.69, 9.17) is 9.47 Å². The summed E-state index contributed by atoms with van der Waals surface area (Å²) < 4.78 is 11.3. The second-order valence-corrected chi connectivity index (χ2v) is 7.35. The predicted octanol–water partition coefficient (Wildman–Crippen LogP) is 2.96. The Balaban J connectivity index is 1.35. The first kappa shape index (κ1) is 19.4. The summed E-state index contributed by atoms with van der Waals surface area (Å²) in [5.74, 6) is 7.25. The van der Waals surface area contributed by atoms with Gasteiger partial charge in [-0.05, 0) is 42.3 Å². The molecule has 2 aromatic carbocycles. The SMILES string of the molecule is CC(O)C1NC=CN1CC#Cc1ccc(-c2ccc(OC3CCOC3)cc2)cc1. The summed E-state index contributed by atoms with van der Waals surface area (Å²) in [6.07, 6.45) is 4.30. The number of benzene rings is 2. The molecule has 5 heteroatoms. The van der Waals surface area contributed by atoms with Gasteiger partial charge in [0.1, 0.15) is 18.0 Å². The standard InChI is InChI=1S/C24H26N2O3/c1-18(27)24-25-13-15-26(24)14-2-3-19-4-6-20(7-5-19)21-8-10-22(11-9-21)29-23-12-16-28-17-23/h4-11,13,15,18,23-25,27H,12,14,16-17H2,1H3. The number of hydrogen-bond acceptors (Lipinski definition) is 5. The molecule has 150 valence electrons. The molecule has 2 aliphatic rings. The normalized spacial score (nSPS) is 21.4. The highest BCUT2D eigenvalue weighted by molar-refractivity contribution is 5.65. The Labute approximate surface area is 171 Å². The van der Waals surface area contributed by atoms with Crippen molar-refractivity contribution in [3.05, 3.63) is 66.5 Å². The highest BCUT2D eigenvalue weighted by Crippen LogP contribution is 2.24. The van der Waals surface area contributed by atoms with Crippen molar-refractivity contribution in [3.8, 4) is 28.7 Å². The first-order valence-corrected chi connectivity index (χ1v) is 9.99. The van der Waals surface area contributed by atoms with Crippen LogP contribution in [0.4, 0.5) is 0 Å². The van der Waals surface area contributed by atoms with E-state index in [9.17, 15) is 5.11 Å². The van der Waals surface area contributed by atoms with Crippen LogP contribution < -0.4 is 10.1 Å². The number of rotatable bonds is 5. The van der Waals surface area contributed by atoms with E-state index in [1.807, 2.05) is 41.6 Å². The van der Waals surface area contributed by atoms with Gasteiger partial charge in [0.15, 0.2) is 0 Å². The minimum Gasteiger partial charge on any atom is -0.488 e. The molecule has 0 aliphatic carbocycles. The Hall–Kier alpha value is -2.94. The van der Waals surface area contributed by atoms with E-state index >= 15 is 0 Å². The van der Waals surface area contributed by atoms with Gasteiger partial charge in [-0.2, -0.15) is 0 Å². The van der Waals surface area contributed by atoms with Gasteiger partial charge in [-0.1, -0.05) is 36.1 Å². The molecule has 3 atom stereocenters. The molecule has 29 heavy (non-hydrogen) atoms. The second-order valence-electron chi connectivity index (χ2n) is 7.35. The molecule has 0 spiro atoms. The molecule has 0 radical (unpaired) electrons. The zero-order chi connectivity index (χ0) is 20.1. The van der Waals surface area contributed by atoms with Crippen LogP contribution in [0.1, 0.15) is 18.9 Å². The molecule has 2 aliphatic heterocycles. The summed E-state index contributed by atoms with van der Waals surface area (Å²) in [6.45, 7) is 3.79. The molecule has 5 nitrogen and oxygen atoms in total. The summed E-state index contributed by atoms with van der Waals surface area (Å²) in [5.41, 5.74) is 3.26. The maximum atomic E-state index is 9.76. The highest BCUT2D eigenvalue weighted by Gasteiger charge is 2.22. The van der Waals surface area contributed by atoms with Gasteiger partial charge in [0.05, 0.1) is 25.9 Å². The molecular formula is C24H26N2O3. The van der Waals surface area contributed by atoms with Gasteiger partial charge in [0.25, 0.3) is 0 Å². The Kier molecular flexibility index (Phi) is 6.04. The van der Waals surface area contributed by atoms with Crippen molar-refractivity contribution in [1.29, 1.82) is 0 Å². The van der Waals surface area contributed by atoms with Crippen molar-refractivity contribution < 1.29 is 14.6 Å². The molecule has 0 bridgehead atoms. The monoisotopic (exact) mass is 390 g/mol. The van der Waals surface area contributed by atoms with Gasteiger partial charge in [0, 0.05) is 24.4 Å². The summed E-state index contributed by atoms with van der Waals surface area (Å²) in [4.78, 5) is 1.99. The van der Waals surface area contributed by atoms with Gasteiger partial charge in [-0.3, -0.25) is 0 Å². The van der Waals surface area contributed by atoms with Crippen LogP contribution in [-0.2, 0) is 4.74 Å². The van der Waals surface area contributed by atoms with Crippen LogP contribution in [0.5, 0.6) is 5.75 Å². The number of aliphatic hydroxyl groups excluding tert-OH is 1. The van der Waals surface area contributed by atoms with Crippen molar-refractivity contribution in [2.24, 2.45) is 0 Å². The Morgan fingerprint density at radius 3 is 2.55 bits per heavy atom. The van der Waals surface area contributed by atoms with Crippen LogP contribution >= 0.6 is 0 Å². The quantitative estimate of drug-likeness (QED) is 0.769. The lowest BCUT2D eigenvalue weighted by atomic mass is 10.0. The van der Waals surface area contributed by atoms with Crippen LogP contribution in [0.3, 0.4) is 0 Å². The van der Waals surface area contributed by atoms with E-state index in [0.717, 1.165) is 35.5 Å². The average molecular weight is 390 g/mol. The molecule has 0 aromatic heterocycles. The lowest BCUT2D eigenvalue weighted by molar-refractivity contribution is 0.0928. The molecule has 4 rings (SSSR count). The van der Waals surface area contributed by atoms with Crippen molar-refractivity contribution in [2.75, 3.05) is 19.8 Å². The van der Waals surface area contributed by atoms with Crippen molar-refractivity contribution >= 4 is 0 Å². The highest BCUT2D eigenvalue weighted by atomic mass is 16.5. The Bertz CT molecular complexity index is 888. The molecular weight excluding hydrogens is 364 g/mol. The topological polar surface area (TPSA) is 54.0 Å². The average Bonchev–Trinajstić information content (AvgIpc) is 3.41. The largest absolute Gasteiger partial charge is 0.488 e. The lowest BCUT2D eigenvalue weighted by Gasteiger charge is -2.25. The smallest absolute Gasteiger partial charge is 0.125 e. The number of nitrogens with zero attached hydrogens (tertiary/aromatic N) is 1. The maximum Gasteiger partial charge on any atom is 0.125 e. The third-order valence-corrected chi connectivity index (χ3v) is 5.10. The van der Waals surface area contributed by atoms with E-state index in [2.05, 4.69) is 41.4 Å². The molecule has 3 unspecified atom stereocenters. The summed E-state index contributed by atoms with van der Waals surface area (Å²) in [6, 6.07) is 16.4. The third-order valence-electron chi connectivity index (χ3n) is 5.10. The van der Waals surface area contributed by atoms with Crippen LogP contribution in [0.15, 0.2) is 60.9 Å². The molecule has 2 N–H and O–H groups in total. The predicted molar refractivity (Wildman–Crippen MR) is 113 cm³/mol. The van der Waals surface area contributed by atoms with Crippen molar-refractivity contribution in [1.82, 2.24) is 10.2 Å². The molecule has 1 saturated heterocycles. The third kappa shape index (κ3) is 4.92. The van der Waals surface area contributed by atoms with E-state index in [0.29, 0.717) is 13.2 Å². The first-order chi connectivity index (χ1) is 14.2. The Morgan fingerprint density at radius 1 is 1.17 bits per heavy atom. The molecule has 0 saturated carbocycles. The fourth-order valence-corrected chi connectivity index (χ4v) is 3.50. The molecule has 0 amide bonds. The first-order valence-electron chi connectivity index (χ1n) is 9.99. The second kappa shape index (κ2) is 9.04. The van der Waals surface area contributed by atoms with Crippen LogP contribution in [0.25, 0.3) is 11.1 Å². The number of ether oxygens (including phenoxy) is 2. The fraction of sp³-hybridized carbons (Fsp3) is 0.333. The fourth-order valence-electron chi connectivity index (χ4n) is 3.50. The van der Waals surface area contributed by atoms with E-state index in [-0.39, 0.29) is 12.3 Å². The van der Waals surface area contributed by atoms with Gasteiger partial charge >= 0.3 is 0 Å². The summed E-state index contributed by atoms with van der Waals surface area (Å²) in [7, 11) is 0. The van der Waals surface area contributed by atoms with Gasteiger partial charge in [-0.25, -0.2) is 0 Å². The summed E-state index contributed by atoms with van der Waals surface area (Å²) in [5, 5.41) is 12.9. The van der Waals surface area contributed by atoms with Crippen LogP contribution in [0, 0.1) is 11.8 Å². The molecule has 1 fully saturated rings. The van der Waals surface area contributed by atoms with Gasteiger partial charge < -0.3 is 24.8 Å². The zero-order valence-electron chi connectivity index (χ0n) is 16.5. The minimum absolute atomic E-state index is 0.111. The molecule has 2 aromatic rings. The van der Waals surface area contributed by atoms with E-state index in [1.54, 1.807) is 6.92 Å². The number of aliphatic hydroxyl groups is 1. The Morgan fingerprint density at radius 2 is 1.90 bits per heavy atom. The number of nitrogens with one attached hydrogen (secondary N) is 1. The lowest BCUT2D eigenvalue weighted by Crippen LogP contribution is -2.43. The van der Waals surface area contributed by atoms with Crippen LogP contribution in [0.2, 0.25) is 0 Å². The van der Waals surface area contributed by atoms with E-state index in [1.165, 1.54) is 0 Å².